The Morgan fingerprint density at radius 1 is 1.22 bits per heavy atom. The van der Waals surface area contributed by atoms with Gasteiger partial charge < -0.3 is 4.90 Å². The highest BCUT2D eigenvalue weighted by Gasteiger charge is 2.12. The second-order valence-corrected chi connectivity index (χ2v) is 4.56. The molecule has 0 aliphatic heterocycles. The van der Waals surface area contributed by atoms with Gasteiger partial charge in [-0.05, 0) is 36.8 Å². The Hall–Kier alpha value is -1.61. The third kappa shape index (κ3) is 2.79. The molecule has 0 spiro atoms. The van der Waals surface area contributed by atoms with E-state index in [9.17, 15) is 4.39 Å². The van der Waals surface area contributed by atoms with Crippen LogP contribution in [-0.2, 0) is 0 Å². The molecule has 1 aromatic heterocycles. The number of halogens is 2. The van der Waals surface area contributed by atoms with Crippen molar-refractivity contribution in [1.82, 2.24) is 4.98 Å². The van der Waals surface area contributed by atoms with E-state index in [4.69, 9.17) is 11.6 Å². The van der Waals surface area contributed by atoms with E-state index in [0.717, 1.165) is 11.3 Å². The molecule has 0 saturated heterocycles. The number of benzene rings is 1. The second-order valence-electron chi connectivity index (χ2n) is 4.18. The highest BCUT2D eigenvalue weighted by atomic mass is 35.5. The molecule has 0 aliphatic carbocycles. The minimum absolute atomic E-state index is 0.129. The zero-order valence-corrected chi connectivity index (χ0v) is 11.0. The number of rotatable bonds is 3. The second kappa shape index (κ2) is 5.36. The molecule has 2 rings (SSSR count). The quantitative estimate of drug-likeness (QED) is 0.777. The SMILES string of the molecule is CC(c1ccc(F)cc1)N(C)c1ccnc(Cl)c1. The van der Waals surface area contributed by atoms with Crippen LogP contribution in [0.2, 0.25) is 5.15 Å². The molecule has 4 heteroatoms. The molecule has 0 saturated carbocycles. The molecule has 0 bridgehead atoms. The summed E-state index contributed by atoms with van der Waals surface area (Å²) in [7, 11) is 1.97. The number of anilines is 1. The fraction of sp³-hybridized carbons (Fsp3) is 0.214. The van der Waals surface area contributed by atoms with Crippen molar-refractivity contribution in [3.8, 4) is 0 Å². The molecule has 1 atom stereocenters. The number of hydrogen-bond donors (Lipinski definition) is 0. The molecule has 18 heavy (non-hydrogen) atoms. The first-order valence-electron chi connectivity index (χ1n) is 5.68. The van der Waals surface area contributed by atoms with Crippen LogP contribution >= 0.6 is 11.6 Å². The van der Waals surface area contributed by atoms with Crippen molar-refractivity contribution >= 4 is 17.3 Å². The van der Waals surface area contributed by atoms with Crippen molar-refractivity contribution < 1.29 is 4.39 Å². The molecule has 0 fully saturated rings. The lowest BCUT2D eigenvalue weighted by atomic mass is 10.1. The Morgan fingerprint density at radius 3 is 2.50 bits per heavy atom. The van der Waals surface area contributed by atoms with Gasteiger partial charge in [0.2, 0.25) is 0 Å². The number of hydrogen-bond acceptors (Lipinski definition) is 2. The summed E-state index contributed by atoms with van der Waals surface area (Å²) in [5, 5.41) is 0.464. The van der Waals surface area contributed by atoms with Gasteiger partial charge in [-0.3, -0.25) is 0 Å². The van der Waals surface area contributed by atoms with Crippen LogP contribution in [0.25, 0.3) is 0 Å². The van der Waals surface area contributed by atoms with Crippen molar-refractivity contribution in [2.45, 2.75) is 13.0 Å². The summed E-state index contributed by atoms with van der Waals surface area (Å²) in [5.74, 6) is -0.222. The molecule has 2 aromatic rings. The van der Waals surface area contributed by atoms with Crippen LogP contribution in [0.4, 0.5) is 10.1 Å². The first kappa shape index (κ1) is 12.8. The Morgan fingerprint density at radius 2 is 1.89 bits per heavy atom. The van der Waals surface area contributed by atoms with E-state index in [-0.39, 0.29) is 11.9 Å². The van der Waals surface area contributed by atoms with E-state index >= 15 is 0 Å². The lowest BCUT2D eigenvalue weighted by molar-refractivity contribution is 0.625. The van der Waals surface area contributed by atoms with Crippen LogP contribution in [0.5, 0.6) is 0 Å². The summed E-state index contributed by atoms with van der Waals surface area (Å²) in [6, 6.07) is 10.4. The van der Waals surface area contributed by atoms with Crippen LogP contribution in [-0.4, -0.2) is 12.0 Å². The minimum atomic E-state index is -0.222. The fourth-order valence-electron chi connectivity index (χ4n) is 1.80. The average molecular weight is 265 g/mol. The van der Waals surface area contributed by atoms with Crippen LogP contribution in [0.1, 0.15) is 18.5 Å². The van der Waals surface area contributed by atoms with E-state index in [1.165, 1.54) is 12.1 Å². The van der Waals surface area contributed by atoms with Gasteiger partial charge in [0.05, 0.1) is 6.04 Å². The van der Waals surface area contributed by atoms with Crippen molar-refractivity contribution in [3.63, 3.8) is 0 Å². The number of aromatic nitrogens is 1. The van der Waals surface area contributed by atoms with Crippen molar-refractivity contribution in [3.05, 3.63) is 59.1 Å². The van der Waals surface area contributed by atoms with Gasteiger partial charge in [0.25, 0.3) is 0 Å². The smallest absolute Gasteiger partial charge is 0.131 e. The highest BCUT2D eigenvalue weighted by Crippen LogP contribution is 2.26. The van der Waals surface area contributed by atoms with Gasteiger partial charge in [-0.2, -0.15) is 0 Å². The monoisotopic (exact) mass is 264 g/mol. The third-order valence-electron chi connectivity index (χ3n) is 3.05. The maximum Gasteiger partial charge on any atom is 0.131 e. The summed E-state index contributed by atoms with van der Waals surface area (Å²) in [6.07, 6.45) is 1.67. The van der Waals surface area contributed by atoms with Gasteiger partial charge in [-0.15, -0.1) is 0 Å². The standard InChI is InChI=1S/C14H14ClFN2/c1-10(11-3-5-12(16)6-4-11)18(2)13-7-8-17-14(15)9-13/h3-10H,1-2H3. The lowest BCUT2D eigenvalue weighted by Gasteiger charge is -2.27. The van der Waals surface area contributed by atoms with Crippen LogP contribution in [0, 0.1) is 5.82 Å². The molecule has 0 N–H and O–H groups in total. The predicted octanol–water partition coefficient (Wildman–Crippen LogP) is 4.07. The molecule has 2 nitrogen and oxygen atoms in total. The predicted molar refractivity (Wildman–Crippen MR) is 72.5 cm³/mol. The van der Waals surface area contributed by atoms with Gasteiger partial charge >= 0.3 is 0 Å². The summed E-state index contributed by atoms with van der Waals surface area (Å²) in [6.45, 7) is 2.06. The molecular formula is C14H14ClFN2. The van der Waals surface area contributed by atoms with Crippen LogP contribution < -0.4 is 4.90 Å². The van der Waals surface area contributed by atoms with Gasteiger partial charge in [0.15, 0.2) is 0 Å². The molecule has 0 aliphatic rings. The van der Waals surface area contributed by atoms with Crippen molar-refractivity contribution in [1.29, 1.82) is 0 Å². The molecule has 0 amide bonds. The first-order valence-corrected chi connectivity index (χ1v) is 6.05. The number of nitrogens with zero attached hydrogens (tertiary/aromatic N) is 2. The van der Waals surface area contributed by atoms with Gasteiger partial charge in [0.1, 0.15) is 11.0 Å². The Kier molecular flexibility index (Phi) is 3.82. The van der Waals surface area contributed by atoms with Crippen LogP contribution in [0.3, 0.4) is 0 Å². The molecule has 94 valence electrons. The molecular weight excluding hydrogens is 251 g/mol. The van der Waals surface area contributed by atoms with Gasteiger partial charge in [0, 0.05) is 18.9 Å². The Bertz CT molecular complexity index is 528. The van der Waals surface area contributed by atoms with Crippen molar-refractivity contribution in [2.75, 3.05) is 11.9 Å². The van der Waals surface area contributed by atoms with Crippen LogP contribution in [0.15, 0.2) is 42.6 Å². The maximum atomic E-state index is 12.9. The van der Waals surface area contributed by atoms with E-state index < -0.39 is 0 Å². The van der Waals surface area contributed by atoms with E-state index in [0.29, 0.717) is 5.15 Å². The Balaban J connectivity index is 2.23. The summed E-state index contributed by atoms with van der Waals surface area (Å²) >= 11 is 5.87. The lowest BCUT2D eigenvalue weighted by Crippen LogP contribution is -2.21. The van der Waals surface area contributed by atoms with E-state index in [2.05, 4.69) is 16.8 Å². The molecule has 1 aromatic carbocycles. The van der Waals surface area contributed by atoms with E-state index in [1.54, 1.807) is 18.3 Å². The Labute approximate surface area is 111 Å². The maximum absolute atomic E-state index is 12.9. The average Bonchev–Trinajstić information content (AvgIpc) is 2.38. The topological polar surface area (TPSA) is 16.1 Å². The molecule has 1 heterocycles. The highest BCUT2D eigenvalue weighted by molar-refractivity contribution is 6.29. The normalized spacial score (nSPS) is 12.2. The summed E-state index contributed by atoms with van der Waals surface area (Å²) in [5.41, 5.74) is 2.03. The van der Waals surface area contributed by atoms with Crippen molar-refractivity contribution in [2.24, 2.45) is 0 Å². The largest absolute Gasteiger partial charge is 0.368 e. The fourth-order valence-corrected chi connectivity index (χ4v) is 1.97. The minimum Gasteiger partial charge on any atom is -0.368 e. The summed E-state index contributed by atoms with van der Waals surface area (Å²) < 4.78 is 12.9. The third-order valence-corrected chi connectivity index (χ3v) is 3.26. The van der Waals surface area contributed by atoms with E-state index in [1.807, 2.05) is 19.2 Å². The molecule has 1 unspecified atom stereocenters. The van der Waals surface area contributed by atoms with Gasteiger partial charge in [-0.25, -0.2) is 9.37 Å². The zero-order valence-electron chi connectivity index (χ0n) is 10.3. The zero-order chi connectivity index (χ0) is 13.1. The van der Waals surface area contributed by atoms with Gasteiger partial charge in [-0.1, -0.05) is 23.7 Å². The molecule has 0 radical (unpaired) electrons. The number of pyridine rings is 1. The first-order chi connectivity index (χ1) is 8.58. The summed E-state index contributed by atoms with van der Waals surface area (Å²) in [4.78, 5) is 6.03.